The summed E-state index contributed by atoms with van der Waals surface area (Å²) in [4.78, 5) is 16.6. The van der Waals surface area contributed by atoms with Gasteiger partial charge in [0.1, 0.15) is 18.1 Å². The number of nitrogens with two attached hydrogens (primary N) is 1. The number of hydrogen-bond acceptors (Lipinski definition) is 7. The van der Waals surface area contributed by atoms with Crippen LogP contribution in [0.4, 0.5) is 10.5 Å². The van der Waals surface area contributed by atoms with Gasteiger partial charge in [0, 0.05) is 30.3 Å². The van der Waals surface area contributed by atoms with Gasteiger partial charge in [-0.2, -0.15) is 5.10 Å². The molecule has 1 saturated heterocycles. The first-order chi connectivity index (χ1) is 15.4. The number of nitrogens with one attached hydrogen (secondary N) is 1. The van der Waals surface area contributed by atoms with E-state index < -0.39 is 16.5 Å². The quantitative estimate of drug-likeness (QED) is 0.218. The van der Waals surface area contributed by atoms with Gasteiger partial charge in [0.05, 0.1) is 19.0 Å². The Balaban J connectivity index is 1.99. The Hall–Kier alpha value is -1.52. The Kier molecular flexibility index (Phi) is 10.8. The van der Waals surface area contributed by atoms with Crippen LogP contribution in [0.25, 0.3) is 0 Å². The lowest BCUT2D eigenvalue weighted by Gasteiger charge is -2.22. The van der Waals surface area contributed by atoms with Gasteiger partial charge in [0.2, 0.25) is 3.79 Å². The number of hydrogen-bond donors (Lipinski definition) is 2. The van der Waals surface area contributed by atoms with Gasteiger partial charge in [-0.15, -0.1) is 0 Å². The number of amides is 1. The second kappa shape index (κ2) is 12.8. The lowest BCUT2D eigenvalue weighted by molar-refractivity contribution is -0.163. The van der Waals surface area contributed by atoms with Crippen molar-refractivity contribution in [2.24, 2.45) is 16.1 Å². The number of rotatable bonds is 8. The predicted octanol–water partition coefficient (Wildman–Crippen LogP) is 4.83. The molecule has 1 amide bonds. The number of carbonyl (C=O) groups excluding carboxylic acids is 1. The van der Waals surface area contributed by atoms with Crippen LogP contribution in [0.15, 0.2) is 29.2 Å². The Labute approximate surface area is 209 Å². The molecule has 2 heterocycles. The monoisotopic (exact) mass is 523 g/mol. The molecule has 1 unspecified atom stereocenters. The van der Waals surface area contributed by atoms with Crippen molar-refractivity contribution in [2.45, 2.75) is 63.1 Å². The molecular weight excluding hydrogens is 493 g/mol. The number of halogens is 3. The Morgan fingerprint density at radius 3 is 2.79 bits per heavy atom. The fourth-order valence-electron chi connectivity index (χ4n) is 2.70. The van der Waals surface area contributed by atoms with E-state index in [0.29, 0.717) is 24.5 Å². The molecule has 1 aliphatic rings. The average Bonchev–Trinajstić information content (AvgIpc) is 3.16. The van der Waals surface area contributed by atoms with Crippen LogP contribution in [-0.4, -0.2) is 51.6 Å². The zero-order valence-corrected chi connectivity index (χ0v) is 21.4. The van der Waals surface area contributed by atoms with Crippen LogP contribution in [0, 0.1) is 5.41 Å². The van der Waals surface area contributed by atoms with E-state index in [4.69, 9.17) is 54.7 Å². The number of nitrogens with zero attached hydrogens (tertiary/aromatic N) is 3. The van der Waals surface area contributed by atoms with Crippen molar-refractivity contribution in [1.29, 1.82) is 0 Å². The number of alkyl carbamates (subject to hydrolysis) is 1. The summed E-state index contributed by atoms with van der Waals surface area (Å²) in [7, 11) is 0. The molecule has 0 radical (unpaired) electrons. The fraction of sp³-hybridized carbons (Fsp3) is 0.667. The van der Waals surface area contributed by atoms with Gasteiger partial charge in [-0.3, -0.25) is 10.00 Å². The van der Waals surface area contributed by atoms with Crippen molar-refractivity contribution in [1.82, 2.24) is 15.1 Å². The second-order valence-corrected chi connectivity index (χ2v) is 11.2. The van der Waals surface area contributed by atoms with Gasteiger partial charge in [-0.25, -0.2) is 9.79 Å². The number of aromatic nitrogens is 2. The molecule has 1 atom stereocenters. The molecule has 12 heteroatoms. The van der Waals surface area contributed by atoms with Crippen molar-refractivity contribution in [2.75, 3.05) is 19.8 Å². The molecule has 3 N–H and O–H groups in total. The van der Waals surface area contributed by atoms with Gasteiger partial charge in [0.25, 0.3) is 0 Å². The fourth-order valence-corrected chi connectivity index (χ4v) is 2.87. The highest BCUT2D eigenvalue weighted by Crippen LogP contribution is 2.26. The normalized spacial score (nSPS) is 18.3. The lowest BCUT2D eigenvalue weighted by Crippen LogP contribution is -2.33. The highest BCUT2D eigenvalue weighted by molar-refractivity contribution is 6.67. The zero-order valence-electron chi connectivity index (χ0n) is 19.2. The van der Waals surface area contributed by atoms with Crippen LogP contribution in [0.1, 0.15) is 46.5 Å². The molecule has 0 aromatic carbocycles. The number of aryl methyl sites for hydroxylation is 1. The van der Waals surface area contributed by atoms with E-state index >= 15 is 0 Å². The summed E-state index contributed by atoms with van der Waals surface area (Å²) in [5.41, 5.74) is 6.86. The summed E-state index contributed by atoms with van der Waals surface area (Å²) in [6, 6.07) is 0. The zero-order chi connectivity index (χ0) is 24.5. The molecule has 33 heavy (non-hydrogen) atoms. The third-order valence-electron chi connectivity index (χ3n) is 4.60. The van der Waals surface area contributed by atoms with E-state index in [-0.39, 0.29) is 17.5 Å². The first-order valence-electron chi connectivity index (χ1n) is 10.7. The van der Waals surface area contributed by atoms with Crippen molar-refractivity contribution in [3.63, 3.8) is 0 Å². The Morgan fingerprint density at radius 2 is 2.15 bits per heavy atom. The van der Waals surface area contributed by atoms with Crippen LogP contribution in [0.5, 0.6) is 0 Å². The average molecular weight is 525 g/mol. The Morgan fingerprint density at radius 1 is 1.39 bits per heavy atom. The second-order valence-electron chi connectivity index (χ2n) is 8.65. The third kappa shape index (κ3) is 11.4. The molecular formula is C21H32Cl3N5O4. The van der Waals surface area contributed by atoms with Crippen molar-refractivity contribution < 1.29 is 19.0 Å². The number of alkyl halides is 3. The van der Waals surface area contributed by atoms with Gasteiger partial charge in [-0.1, -0.05) is 55.6 Å². The predicted molar refractivity (Wildman–Crippen MR) is 130 cm³/mol. The number of ether oxygens (including phenoxy) is 3. The van der Waals surface area contributed by atoms with Crippen LogP contribution < -0.4 is 11.1 Å². The molecule has 1 aromatic heterocycles. The highest BCUT2D eigenvalue weighted by Gasteiger charge is 2.23. The number of amidine groups is 1. The van der Waals surface area contributed by atoms with Gasteiger partial charge >= 0.3 is 6.09 Å². The first kappa shape index (κ1) is 27.7. The van der Waals surface area contributed by atoms with Crippen molar-refractivity contribution >= 4 is 52.4 Å². The van der Waals surface area contributed by atoms with Crippen molar-refractivity contribution in [3.8, 4) is 0 Å². The summed E-state index contributed by atoms with van der Waals surface area (Å²) in [5, 5.41) is 6.83. The molecule has 0 bridgehead atoms. The van der Waals surface area contributed by atoms with E-state index in [0.717, 1.165) is 32.3 Å². The lowest BCUT2D eigenvalue weighted by atomic mass is 9.92. The molecule has 0 aliphatic carbocycles. The number of aliphatic imine (C=N–C) groups is 1. The standard InChI is InChI=1S/C21H32Cl3N5O4/c1-20(2,3)16(25)11-17(28-19(30)33-14-21(22,23)24)27-15-12-26-29(13-15)8-6-10-32-18-7-4-5-9-31-18/h11-13,18H,4-10,14,25H2,1-3H3,(H,27,28,30)/b16-11-. The van der Waals surface area contributed by atoms with Crippen LogP contribution in [0.3, 0.4) is 0 Å². The maximum Gasteiger partial charge on any atom is 0.412 e. The van der Waals surface area contributed by atoms with Gasteiger partial charge in [0.15, 0.2) is 6.29 Å². The number of allylic oxidation sites excluding steroid dienone is 1. The minimum Gasteiger partial charge on any atom is -0.445 e. The van der Waals surface area contributed by atoms with E-state index in [2.05, 4.69) is 15.4 Å². The molecule has 2 rings (SSSR count). The highest BCUT2D eigenvalue weighted by atomic mass is 35.6. The molecule has 1 aliphatic heterocycles. The van der Waals surface area contributed by atoms with Crippen molar-refractivity contribution in [3.05, 3.63) is 24.2 Å². The maximum absolute atomic E-state index is 12.1. The summed E-state index contributed by atoms with van der Waals surface area (Å²) in [6.07, 6.45) is 7.90. The molecule has 0 saturated carbocycles. The van der Waals surface area contributed by atoms with E-state index in [1.165, 1.54) is 0 Å². The van der Waals surface area contributed by atoms with Crippen LogP contribution >= 0.6 is 34.8 Å². The van der Waals surface area contributed by atoms with Crippen LogP contribution in [-0.2, 0) is 20.8 Å². The van der Waals surface area contributed by atoms with Crippen LogP contribution in [0.2, 0.25) is 0 Å². The van der Waals surface area contributed by atoms with Gasteiger partial charge < -0.3 is 19.9 Å². The minimum atomic E-state index is -1.72. The van der Waals surface area contributed by atoms with E-state index in [1.807, 2.05) is 20.8 Å². The largest absolute Gasteiger partial charge is 0.445 e. The summed E-state index contributed by atoms with van der Waals surface area (Å²) < 4.78 is 16.2. The molecule has 1 aromatic rings. The maximum atomic E-state index is 12.1. The molecule has 0 spiro atoms. The summed E-state index contributed by atoms with van der Waals surface area (Å²) >= 11 is 16.9. The molecule has 1 fully saturated rings. The minimum absolute atomic E-state index is 0.105. The van der Waals surface area contributed by atoms with E-state index in [9.17, 15) is 4.79 Å². The third-order valence-corrected chi connectivity index (χ3v) is 4.92. The summed E-state index contributed by atoms with van der Waals surface area (Å²) in [5.74, 6) is 0.175. The number of carbonyl (C=O) groups is 1. The molecule has 186 valence electrons. The molecule has 9 nitrogen and oxygen atoms in total. The van der Waals surface area contributed by atoms with Gasteiger partial charge in [-0.05, 0) is 25.7 Å². The SMILES string of the molecule is CC(C)(C)/C(N)=C/C(=Nc1cnn(CCCOC2CCCCO2)c1)NC(=O)OCC(Cl)(Cl)Cl. The van der Waals surface area contributed by atoms with E-state index in [1.54, 1.807) is 23.2 Å². The smallest absolute Gasteiger partial charge is 0.412 e. The Bertz CT molecular complexity index is 825. The summed E-state index contributed by atoms with van der Waals surface area (Å²) in [6.45, 7) is 7.39. The topological polar surface area (TPSA) is 113 Å². The first-order valence-corrected chi connectivity index (χ1v) is 11.9.